The normalized spacial score (nSPS) is 13.1. The van der Waals surface area contributed by atoms with Crippen LogP contribution in [0.15, 0.2) is 70.7 Å². The molecule has 1 aromatic carbocycles. The van der Waals surface area contributed by atoms with Crippen molar-refractivity contribution in [3.63, 3.8) is 0 Å². The average Bonchev–Trinajstić information content (AvgIpc) is 3.42. The predicted molar refractivity (Wildman–Crippen MR) is 114 cm³/mol. The van der Waals surface area contributed by atoms with E-state index < -0.39 is 6.04 Å². The number of hydrogen-bond donors (Lipinski definition) is 2. The molecule has 0 bridgehead atoms. The molecule has 29 heavy (non-hydrogen) atoms. The van der Waals surface area contributed by atoms with Crippen LogP contribution >= 0.6 is 11.3 Å². The van der Waals surface area contributed by atoms with Gasteiger partial charge in [-0.15, -0.1) is 11.3 Å². The number of carbonyl (C=O) groups is 2. The van der Waals surface area contributed by atoms with Crippen LogP contribution in [0.2, 0.25) is 0 Å². The van der Waals surface area contributed by atoms with E-state index in [9.17, 15) is 9.59 Å². The van der Waals surface area contributed by atoms with E-state index in [1.165, 1.54) is 11.3 Å². The van der Waals surface area contributed by atoms with Crippen LogP contribution in [-0.2, 0) is 11.2 Å². The minimum absolute atomic E-state index is 0.0978. The van der Waals surface area contributed by atoms with Gasteiger partial charge in [0.2, 0.25) is 5.91 Å². The Morgan fingerprint density at radius 2 is 1.86 bits per heavy atom. The van der Waals surface area contributed by atoms with Gasteiger partial charge >= 0.3 is 0 Å². The summed E-state index contributed by atoms with van der Waals surface area (Å²) in [6.45, 7) is 0.375. The van der Waals surface area contributed by atoms with Gasteiger partial charge in [0.1, 0.15) is 11.8 Å². The highest BCUT2D eigenvalue weighted by Crippen LogP contribution is 2.17. The number of furan rings is 1. The number of benzene rings is 1. The van der Waals surface area contributed by atoms with E-state index in [2.05, 4.69) is 10.6 Å². The zero-order valence-corrected chi connectivity index (χ0v) is 17.3. The molecule has 0 aliphatic rings. The summed E-state index contributed by atoms with van der Waals surface area (Å²) in [5.41, 5.74) is 0.981. The molecule has 2 aromatic heterocycles. The first-order valence-corrected chi connectivity index (χ1v) is 10.3. The minimum Gasteiger partial charge on any atom is -0.468 e. The lowest BCUT2D eigenvalue weighted by Gasteiger charge is -2.24. The fourth-order valence-electron chi connectivity index (χ4n) is 3.04. The Labute approximate surface area is 174 Å². The Morgan fingerprint density at radius 3 is 2.48 bits per heavy atom. The van der Waals surface area contributed by atoms with Gasteiger partial charge in [0.05, 0.1) is 17.2 Å². The van der Waals surface area contributed by atoms with E-state index >= 15 is 0 Å². The standard InChI is InChI=1S/C22H25N3O3S/c1-25(2)18(19-10-6-12-28-19)15-23-21(26)17(14-16-8-4-3-5-9-16)24-22(27)20-11-7-13-29-20/h3-13,17-18H,14-15H2,1-2H3,(H,23,26)(H,24,27)/t17-,18-/m1/s1. The molecule has 3 rings (SSSR count). The molecule has 0 aliphatic heterocycles. The molecule has 2 atom stereocenters. The monoisotopic (exact) mass is 411 g/mol. The summed E-state index contributed by atoms with van der Waals surface area (Å²) in [5, 5.41) is 7.69. The van der Waals surface area contributed by atoms with Crippen molar-refractivity contribution in [1.82, 2.24) is 15.5 Å². The summed E-state index contributed by atoms with van der Waals surface area (Å²) >= 11 is 1.35. The van der Waals surface area contributed by atoms with Gasteiger partial charge in [0, 0.05) is 13.0 Å². The Morgan fingerprint density at radius 1 is 1.07 bits per heavy atom. The van der Waals surface area contributed by atoms with E-state index in [1.807, 2.05) is 72.9 Å². The van der Waals surface area contributed by atoms with Crippen molar-refractivity contribution in [3.05, 3.63) is 82.4 Å². The van der Waals surface area contributed by atoms with Crippen LogP contribution in [0.5, 0.6) is 0 Å². The van der Waals surface area contributed by atoms with Gasteiger partial charge in [-0.3, -0.25) is 14.5 Å². The first kappa shape index (κ1) is 20.8. The molecule has 0 radical (unpaired) electrons. The summed E-state index contributed by atoms with van der Waals surface area (Å²) < 4.78 is 5.50. The molecule has 0 saturated heterocycles. The third kappa shape index (κ3) is 5.79. The zero-order valence-electron chi connectivity index (χ0n) is 16.5. The summed E-state index contributed by atoms with van der Waals surface area (Å²) in [4.78, 5) is 28.1. The van der Waals surface area contributed by atoms with E-state index in [0.717, 1.165) is 11.3 Å². The van der Waals surface area contributed by atoms with Gasteiger partial charge in [-0.2, -0.15) is 0 Å². The topological polar surface area (TPSA) is 74.6 Å². The van der Waals surface area contributed by atoms with Crippen LogP contribution in [0.25, 0.3) is 0 Å². The van der Waals surface area contributed by atoms with Crippen LogP contribution in [0.4, 0.5) is 0 Å². The summed E-state index contributed by atoms with van der Waals surface area (Å²) in [5.74, 6) is 0.306. The second-order valence-corrected chi connectivity index (χ2v) is 7.88. The number of likely N-dealkylation sites (N-methyl/N-ethyl adjacent to an activating group) is 1. The molecular formula is C22H25N3O3S. The lowest BCUT2D eigenvalue weighted by Crippen LogP contribution is -2.49. The van der Waals surface area contributed by atoms with Crippen molar-refractivity contribution in [2.75, 3.05) is 20.6 Å². The van der Waals surface area contributed by atoms with Crippen LogP contribution < -0.4 is 10.6 Å². The largest absolute Gasteiger partial charge is 0.468 e. The first-order chi connectivity index (χ1) is 14.0. The fraction of sp³-hybridized carbons (Fsp3) is 0.273. The molecule has 0 spiro atoms. The number of hydrogen-bond acceptors (Lipinski definition) is 5. The third-order valence-corrected chi connectivity index (χ3v) is 5.48. The van der Waals surface area contributed by atoms with Gasteiger partial charge < -0.3 is 15.1 Å². The number of rotatable bonds is 9. The quantitative estimate of drug-likeness (QED) is 0.567. The van der Waals surface area contributed by atoms with Crippen molar-refractivity contribution < 1.29 is 14.0 Å². The molecule has 0 unspecified atom stereocenters. The van der Waals surface area contributed by atoms with E-state index in [1.54, 1.807) is 12.3 Å². The number of carbonyl (C=O) groups excluding carboxylic acids is 2. The highest BCUT2D eigenvalue weighted by molar-refractivity contribution is 7.12. The van der Waals surface area contributed by atoms with Gasteiger partial charge in [-0.25, -0.2) is 0 Å². The number of thiophene rings is 1. The second kappa shape index (κ2) is 10.0. The fourth-order valence-corrected chi connectivity index (χ4v) is 3.66. The Kier molecular flexibility index (Phi) is 7.21. The Hall–Kier alpha value is -2.90. The van der Waals surface area contributed by atoms with E-state index in [4.69, 9.17) is 4.42 Å². The van der Waals surface area contributed by atoms with Gasteiger partial charge in [0.25, 0.3) is 5.91 Å². The molecule has 0 aliphatic carbocycles. The summed E-state index contributed by atoms with van der Waals surface area (Å²) in [6.07, 6.45) is 2.03. The number of amides is 2. The lowest BCUT2D eigenvalue weighted by atomic mass is 10.0. The molecule has 7 heteroatoms. The lowest BCUT2D eigenvalue weighted by molar-refractivity contribution is -0.123. The predicted octanol–water partition coefficient (Wildman–Crippen LogP) is 3.10. The zero-order chi connectivity index (χ0) is 20.6. The van der Waals surface area contributed by atoms with Crippen molar-refractivity contribution in [2.45, 2.75) is 18.5 Å². The maximum absolute atomic E-state index is 13.0. The van der Waals surface area contributed by atoms with Crippen molar-refractivity contribution in [1.29, 1.82) is 0 Å². The Bertz CT molecular complexity index is 893. The molecule has 0 saturated carbocycles. The third-order valence-electron chi connectivity index (χ3n) is 4.61. The minimum atomic E-state index is -0.675. The van der Waals surface area contributed by atoms with Crippen molar-refractivity contribution >= 4 is 23.2 Å². The van der Waals surface area contributed by atoms with Gasteiger partial charge in [-0.1, -0.05) is 36.4 Å². The molecule has 6 nitrogen and oxygen atoms in total. The van der Waals surface area contributed by atoms with Crippen molar-refractivity contribution in [3.8, 4) is 0 Å². The molecule has 2 amide bonds. The SMILES string of the molecule is CN(C)[C@H](CNC(=O)[C@@H](Cc1ccccc1)NC(=O)c1cccs1)c1ccco1. The van der Waals surface area contributed by atoms with Crippen molar-refractivity contribution in [2.24, 2.45) is 0 Å². The van der Waals surface area contributed by atoms with E-state index in [-0.39, 0.29) is 17.9 Å². The smallest absolute Gasteiger partial charge is 0.262 e. The Balaban J connectivity index is 1.70. The molecular weight excluding hydrogens is 386 g/mol. The van der Waals surface area contributed by atoms with E-state index in [0.29, 0.717) is 17.8 Å². The molecule has 152 valence electrons. The average molecular weight is 412 g/mol. The second-order valence-electron chi connectivity index (χ2n) is 6.93. The summed E-state index contributed by atoms with van der Waals surface area (Å²) in [7, 11) is 3.86. The van der Waals surface area contributed by atoms with Crippen LogP contribution in [0, 0.1) is 0 Å². The van der Waals surface area contributed by atoms with Crippen LogP contribution in [0.3, 0.4) is 0 Å². The number of nitrogens with one attached hydrogen (secondary N) is 2. The van der Waals surface area contributed by atoms with Gasteiger partial charge in [0.15, 0.2) is 0 Å². The molecule has 2 heterocycles. The van der Waals surface area contributed by atoms with Crippen LogP contribution in [0.1, 0.15) is 27.0 Å². The molecule has 0 fully saturated rings. The number of nitrogens with zero attached hydrogens (tertiary/aromatic N) is 1. The molecule has 3 aromatic rings. The maximum atomic E-state index is 13.0. The first-order valence-electron chi connectivity index (χ1n) is 9.40. The van der Waals surface area contributed by atoms with Crippen LogP contribution in [-0.4, -0.2) is 43.4 Å². The highest BCUT2D eigenvalue weighted by Gasteiger charge is 2.24. The molecule has 2 N–H and O–H groups in total. The maximum Gasteiger partial charge on any atom is 0.262 e. The highest BCUT2D eigenvalue weighted by atomic mass is 32.1. The van der Waals surface area contributed by atoms with Gasteiger partial charge in [-0.05, 0) is 43.2 Å². The summed E-state index contributed by atoms with van der Waals surface area (Å²) in [6, 6.07) is 16.2.